The second-order valence-corrected chi connectivity index (χ2v) is 10.8. The summed E-state index contributed by atoms with van der Waals surface area (Å²) in [5, 5.41) is 0. The van der Waals surface area contributed by atoms with Gasteiger partial charge in [0.05, 0.1) is 11.1 Å². The molecule has 0 aromatic rings. The van der Waals surface area contributed by atoms with Gasteiger partial charge in [-0.1, -0.05) is 0 Å². The average Bonchev–Trinajstić information content (AvgIpc) is 3.53. The molecule has 0 aromatic heterocycles. The van der Waals surface area contributed by atoms with Gasteiger partial charge in [-0.15, -0.1) is 0 Å². The molecule has 4 fully saturated rings. The van der Waals surface area contributed by atoms with E-state index in [0.717, 1.165) is 84.5 Å². The molecule has 31 heavy (non-hydrogen) atoms. The fourth-order valence-electron chi connectivity index (χ4n) is 5.59. The number of rotatable bonds is 6. The maximum atomic E-state index is 13.3. The van der Waals surface area contributed by atoms with Crippen molar-refractivity contribution >= 4 is 11.8 Å². The number of amides is 2. The molecule has 2 aliphatic carbocycles. The van der Waals surface area contributed by atoms with Crippen LogP contribution in [0.4, 0.5) is 0 Å². The minimum atomic E-state index is -0.691. The van der Waals surface area contributed by atoms with Crippen molar-refractivity contribution in [2.24, 2.45) is 17.4 Å². The average molecular weight is 435 g/mol. The van der Waals surface area contributed by atoms with Crippen molar-refractivity contribution in [1.29, 1.82) is 0 Å². The van der Waals surface area contributed by atoms with Crippen molar-refractivity contribution in [3.8, 4) is 0 Å². The number of hydrogen-bond acceptors (Lipinski definition) is 6. The first-order valence-electron chi connectivity index (χ1n) is 12.3. The summed E-state index contributed by atoms with van der Waals surface area (Å²) in [4.78, 5) is 34.6. The zero-order valence-electron chi connectivity index (χ0n) is 19.7. The van der Waals surface area contributed by atoms with E-state index in [0.29, 0.717) is 12.1 Å². The molecule has 2 saturated heterocycles. The standard InChI is InChI=1S/C23H42N6O2/c1-17(2)26-8-12-29(13-9-26)21(31)23(25)5-4-19(23)16-18(3)27-10-14-28(15-11-27)20(30)22(24)6-7-22/h17-19H,4-16,24-25H2,1-3H3. The zero-order valence-corrected chi connectivity index (χ0v) is 19.7. The highest BCUT2D eigenvalue weighted by Gasteiger charge is 2.52. The summed E-state index contributed by atoms with van der Waals surface area (Å²) in [5.41, 5.74) is 11.6. The number of hydrogen-bond donors (Lipinski definition) is 2. The Kier molecular flexibility index (Phi) is 6.38. The Morgan fingerprint density at radius 1 is 0.806 bits per heavy atom. The molecule has 0 radical (unpaired) electrons. The molecule has 8 heteroatoms. The van der Waals surface area contributed by atoms with E-state index in [1.165, 1.54) is 0 Å². The molecule has 2 aliphatic heterocycles. The van der Waals surface area contributed by atoms with Crippen LogP contribution in [-0.4, -0.2) is 107 Å². The van der Waals surface area contributed by atoms with E-state index >= 15 is 0 Å². The number of carbonyl (C=O) groups is 2. The van der Waals surface area contributed by atoms with Gasteiger partial charge in [0.25, 0.3) is 0 Å². The highest BCUT2D eigenvalue weighted by molar-refractivity contribution is 5.89. The van der Waals surface area contributed by atoms with E-state index in [-0.39, 0.29) is 17.7 Å². The van der Waals surface area contributed by atoms with Gasteiger partial charge in [-0.2, -0.15) is 0 Å². The smallest absolute Gasteiger partial charge is 0.243 e. The van der Waals surface area contributed by atoms with Gasteiger partial charge in [0.1, 0.15) is 0 Å². The van der Waals surface area contributed by atoms with Gasteiger partial charge in [0, 0.05) is 64.4 Å². The highest BCUT2D eigenvalue weighted by Crippen LogP contribution is 2.42. The molecule has 3 atom stereocenters. The van der Waals surface area contributed by atoms with Gasteiger partial charge < -0.3 is 21.3 Å². The predicted molar refractivity (Wildman–Crippen MR) is 121 cm³/mol. The third kappa shape index (κ3) is 4.49. The van der Waals surface area contributed by atoms with E-state index in [2.05, 4.69) is 30.6 Å². The monoisotopic (exact) mass is 434 g/mol. The van der Waals surface area contributed by atoms with Crippen molar-refractivity contribution in [1.82, 2.24) is 19.6 Å². The Morgan fingerprint density at radius 2 is 1.32 bits per heavy atom. The Morgan fingerprint density at radius 3 is 1.77 bits per heavy atom. The van der Waals surface area contributed by atoms with E-state index in [1.807, 2.05) is 9.80 Å². The molecular weight excluding hydrogens is 392 g/mol. The largest absolute Gasteiger partial charge is 0.339 e. The third-order valence-corrected chi connectivity index (χ3v) is 8.43. The second kappa shape index (κ2) is 8.61. The van der Waals surface area contributed by atoms with Gasteiger partial charge in [-0.3, -0.25) is 19.4 Å². The zero-order chi connectivity index (χ0) is 22.4. The van der Waals surface area contributed by atoms with Crippen LogP contribution in [0.15, 0.2) is 0 Å². The maximum Gasteiger partial charge on any atom is 0.243 e. The van der Waals surface area contributed by atoms with Gasteiger partial charge in [0.15, 0.2) is 0 Å². The summed E-state index contributed by atoms with van der Waals surface area (Å²) in [5.74, 6) is 0.534. The first-order chi connectivity index (χ1) is 14.6. The second-order valence-electron chi connectivity index (χ2n) is 10.8. The molecule has 176 valence electrons. The van der Waals surface area contributed by atoms with Gasteiger partial charge in [-0.25, -0.2) is 0 Å². The van der Waals surface area contributed by atoms with Crippen LogP contribution in [-0.2, 0) is 9.59 Å². The van der Waals surface area contributed by atoms with Gasteiger partial charge in [-0.05, 0) is 58.8 Å². The molecule has 3 unspecified atom stereocenters. The number of nitrogens with zero attached hydrogens (tertiary/aromatic N) is 4. The molecule has 2 heterocycles. The minimum absolute atomic E-state index is 0.128. The SMILES string of the molecule is CC(C)N1CCN(C(=O)C2(N)CCC2CC(C)N2CCN(C(=O)C3(N)CC3)CC2)CC1. The van der Waals surface area contributed by atoms with Crippen LogP contribution >= 0.6 is 0 Å². The molecule has 4 aliphatic rings. The lowest BCUT2D eigenvalue weighted by atomic mass is 9.64. The lowest BCUT2D eigenvalue weighted by Crippen LogP contribution is -2.68. The predicted octanol–water partition coefficient (Wildman–Crippen LogP) is 0.0606. The molecule has 4 N–H and O–H groups in total. The number of carbonyl (C=O) groups excluding carboxylic acids is 2. The van der Waals surface area contributed by atoms with E-state index < -0.39 is 11.1 Å². The van der Waals surface area contributed by atoms with Crippen LogP contribution in [0.5, 0.6) is 0 Å². The molecule has 2 amide bonds. The molecule has 2 saturated carbocycles. The highest BCUT2D eigenvalue weighted by atomic mass is 16.2. The first-order valence-corrected chi connectivity index (χ1v) is 12.3. The van der Waals surface area contributed by atoms with E-state index in [4.69, 9.17) is 11.5 Å². The Hall–Kier alpha value is -1.22. The summed E-state index contributed by atoms with van der Waals surface area (Å²) in [7, 11) is 0. The summed E-state index contributed by atoms with van der Waals surface area (Å²) < 4.78 is 0. The van der Waals surface area contributed by atoms with Crippen LogP contribution in [0, 0.1) is 5.92 Å². The Balaban J connectivity index is 1.26. The van der Waals surface area contributed by atoms with Crippen molar-refractivity contribution in [2.75, 3.05) is 52.4 Å². The third-order valence-electron chi connectivity index (χ3n) is 8.43. The van der Waals surface area contributed by atoms with Crippen molar-refractivity contribution < 1.29 is 9.59 Å². The van der Waals surface area contributed by atoms with Crippen molar-refractivity contribution in [3.05, 3.63) is 0 Å². The van der Waals surface area contributed by atoms with Crippen LogP contribution in [0.3, 0.4) is 0 Å². The molecular formula is C23H42N6O2. The summed E-state index contributed by atoms with van der Waals surface area (Å²) in [6, 6.07) is 0.889. The lowest BCUT2D eigenvalue weighted by molar-refractivity contribution is -0.147. The number of piperazine rings is 2. The van der Waals surface area contributed by atoms with E-state index in [9.17, 15) is 9.59 Å². The van der Waals surface area contributed by atoms with Gasteiger partial charge >= 0.3 is 0 Å². The van der Waals surface area contributed by atoms with Crippen molar-refractivity contribution in [3.63, 3.8) is 0 Å². The van der Waals surface area contributed by atoms with E-state index in [1.54, 1.807) is 0 Å². The topological polar surface area (TPSA) is 99.1 Å². The fraction of sp³-hybridized carbons (Fsp3) is 0.913. The molecule has 0 bridgehead atoms. The number of nitrogens with two attached hydrogens (primary N) is 2. The molecule has 0 spiro atoms. The minimum Gasteiger partial charge on any atom is -0.339 e. The fourth-order valence-corrected chi connectivity index (χ4v) is 5.59. The molecule has 4 rings (SSSR count). The molecule has 8 nitrogen and oxygen atoms in total. The Labute approximate surface area is 187 Å². The quantitative estimate of drug-likeness (QED) is 0.613. The Bertz CT molecular complexity index is 680. The van der Waals surface area contributed by atoms with Crippen LogP contribution < -0.4 is 11.5 Å². The summed E-state index contributed by atoms with van der Waals surface area (Å²) in [6.07, 6.45) is 4.43. The van der Waals surface area contributed by atoms with Crippen LogP contribution in [0.25, 0.3) is 0 Å². The lowest BCUT2D eigenvalue weighted by Gasteiger charge is -2.51. The van der Waals surface area contributed by atoms with Crippen LogP contribution in [0.1, 0.15) is 52.9 Å². The summed E-state index contributed by atoms with van der Waals surface area (Å²) in [6.45, 7) is 13.4. The van der Waals surface area contributed by atoms with Crippen molar-refractivity contribution in [2.45, 2.75) is 76.0 Å². The summed E-state index contributed by atoms with van der Waals surface area (Å²) >= 11 is 0. The van der Waals surface area contributed by atoms with Gasteiger partial charge in [0.2, 0.25) is 11.8 Å². The first kappa shape index (κ1) is 23.0. The maximum absolute atomic E-state index is 13.3. The molecule has 0 aromatic carbocycles. The van der Waals surface area contributed by atoms with Crippen LogP contribution in [0.2, 0.25) is 0 Å². The normalized spacial score (nSPS) is 32.6.